The van der Waals surface area contributed by atoms with Gasteiger partial charge in [-0.2, -0.15) is 0 Å². The Balaban J connectivity index is 3.13. The molecule has 1 N–H and O–H groups in total. The van der Waals surface area contributed by atoms with Crippen LogP contribution in [-0.4, -0.2) is 97.4 Å². The molecule has 30 heavy (non-hydrogen) atoms. The predicted molar refractivity (Wildman–Crippen MR) is 108 cm³/mol. The topological polar surface area (TPSA) is 132 Å². The highest BCUT2D eigenvalue weighted by Gasteiger charge is 2.15. The van der Waals surface area contributed by atoms with Crippen LogP contribution in [0.2, 0.25) is 0 Å². The summed E-state index contributed by atoms with van der Waals surface area (Å²) in [5.74, 6) is -0.264. The zero-order valence-corrected chi connectivity index (χ0v) is 18.6. The molecule has 0 heterocycles. The lowest BCUT2D eigenvalue weighted by molar-refractivity contribution is -0.156. The highest BCUT2D eigenvalue weighted by atomic mass is 16.6. The monoisotopic (exact) mass is 436 g/mol. The number of hydrogen-bond acceptors (Lipinski definition) is 10. The van der Waals surface area contributed by atoms with Gasteiger partial charge in [-0.15, -0.1) is 0 Å². The lowest BCUT2D eigenvalue weighted by Gasteiger charge is -2.19. The Morgan fingerprint density at radius 2 is 1.07 bits per heavy atom. The Morgan fingerprint density at radius 1 is 0.700 bits per heavy atom. The molecule has 0 aromatic carbocycles. The fourth-order valence-corrected chi connectivity index (χ4v) is 1.91. The van der Waals surface area contributed by atoms with Crippen molar-refractivity contribution in [2.24, 2.45) is 5.11 Å². The number of carbonyl (C=O) groups excluding carboxylic acids is 1. The van der Waals surface area contributed by atoms with E-state index in [-0.39, 0.29) is 12.4 Å². The zero-order chi connectivity index (χ0) is 22.3. The van der Waals surface area contributed by atoms with E-state index in [4.69, 9.17) is 38.7 Å². The number of esters is 1. The van der Waals surface area contributed by atoms with Gasteiger partial charge < -0.3 is 33.2 Å². The van der Waals surface area contributed by atoms with Crippen LogP contribution in [0.1, 0.15) is 27.2 Å². The van der Waals surface area contributed by atoms with Gasteiger partial charge in [0.1, 0.15) is 22.8 Å². The summed E-state index contributed by atoms with van der Waals surface area (Å²) in [6.07, 6.45) is 0.236. The third kappa shape index (κ3) is 24.6. The molecule has 0 rings (SSSR count). The quantitative estimate of drug-likeness (QED) is 0.123. The van der Waals surface area contributed by atoms with Gasteiger partial charge in [-0.1, -0.05) is 0 Å². The standard InChI is InChI=1S/C19H38N3O8/c1-19(2,3)30-18(23)4-6-24-8-10-26-12-14-28-16-17-29-15-13-27-11-9-25-7-5-21-22-20/h20H,4-17H2,1-3H3/q+1. The van der Waals surface area contributed by atoms with Crippen molar-refractivity contribution in [3.8, 4) is 0 Å². The number of hydrogen-bond donors (Lipinski definition) is 1. The highest BCUT2D eigenvalue weighted by molar-refractivity contribution is 5.69. The molecular formula is C19H38N3O8+. The Bertz CT molecular complexity index is 454. The molecule has 0 aliphatic carbocycles. The fraction of sp³-hybridized carbons (Fsp3) is 0.947. The van der Waals surface area contributed by atoms with E-state index in [1.54, 1.807) is 0 Å². The van der Waals surface area contributed by atoms with Crippen molar-refractivity contribution in [2.75, 3.05) is 85.8 Å². The van der Waals surface area contributed by atoms with E-state index in [2.05, 4.69) is 10.0 Å². The van der Waals surface area contributed by atoms with Crippen LogP contribution in [0.5, 0.6) is 0 Å². The number of ether oxygens (including phenoxy) is 7. The summed E-state index contributed by atoms with van der Waals surface area (Å²) < 4.78 is 37.2. The second-order valence-electron chi connectivity index (χ2n) is 6.98. The first kappa shape index (κ1) is 28.5. The first-order valence-corrected chi connectivity index (χ1v) is 10.2. The van der Waals surface area contributed by atoms with E-state index in [0.717, 1.165) is 0 Å². The van der Waals surface area contributed by atoms with Crippen molar-refractivity contribution < 1.29 is 38.0 Å². The molecular weight excluding hydrogens is 398 g/mol. The molecule has 0 fully saturated rings. The first-order valence-electron chi connectivity index (χ1n) is 10.2. The molecule has 0 saturated heterocycles. The molecule has 0 aliphatic rings. The maximum atomic E-state index is 11.5. The van der Waals surface area contributed by atoms with Crippen molar-refractivity contribution in [3.63, 3.8) is 0 Å². The molecule has 0 spiro atoms. The number of nitrogens with zero attached hydrogens (tertiary/aromatic N) is 2. The van der Waals surface area contributed by atoms with E-state index in [9.17, 15) is 4.79 Å². The van der Waals surface area contributed by atoms with Gasteiger partial charge >= 0.3 is 5.97 Å². The van der Waals surface area contributed by atoms with Crippen molar-refractivity contribution in [1.29, 1.82) is 5.53 Å². The third-order valence-corrected chi connectivity index (χ3v) is 3.14. The summed E-state index contributed by atoms with van der Waals surface area (Å²) in [5, 5.41) is 3.47. The molecule has 176 valence electrons. The molecule has 11 nitrogen and oxygen atoms in total. The molecule has 0 amide bonds. The van der Waals surface area contributed by atoms with Crippen LogP contribution in [0, 0.1) is 5.53 Å². The van der Waals surface area contributed by atoms with Crippen molar-refractivity contribution in [2.45, 2.75) is 32.8 Å². The Labute approximate surface area is 178 Å². The van der Waals surface area contributed by atoms with Gasteiger partial charge in [-0.25, -0.2) is 0 Å². The van der Waals surface area contributed by atoms with E-state index in [1.807, 2.05) is 20.8 Å². The third-order valence-electron chi connectivity index (χ3n) is 3.14. The summed E-state index contributed by atoms with van der Waals surface area (Å²) in [6.45, 7) is 11.4. The van der Waals surface area contributed by atoms with Gasteiger partial charge in [0.15, 0.2) is 0 Å². The van der Waals surface area contributed by atoms with Gasteiger partial charge in [-0.3, -0.25) is 4.79 Å². The van der Waals surface area contributed by atoms with E-state index < -0.39 is 5.60 Å². The number of rotatable bonds is 21. The molecule has 0 aliphatic heterocycles. The van der Waals surface area contributed by atoms with Gasteiger partial charge in [-0.05, 0) is 20.8 Å². The maximum absolute atomic E-state index is 11.5. The lowest BCUT2D eigenvalue weighted by Crippen LogP contribution is -2.24. The van der Waals surface area contributed by atoms with Crippen LogP contribution in [-0.2, 0) is 38.0 Å². The molecule has 0 saturated carbocycles. The van der Waals surface area contributed by atoms with Crippen LogP contribution in [0.4, 0.5) is 0 Å². The van der Waals surface area contributed by atoms with Crippen LogP contribution < -0.4 is 4.91 Å². The van der Waals surface area contributed by atoms with E-state index >= 15 is 0 Å². The van der Waals surface area contributed by atoms with Crippen LogP contribution >= 0.6 is 0 Å². The number of nitrogens with one attached hydrogen (secondary N) is 1. The molecule has 0 atom stereocenters. The smallest absolute Gasteiger partial charge is 0.308 e. The van der Waals surface area contributed by atoms with Crippen LogP contribution in [0.25, 0.3) is 0 Å². The zero-order valence-electron chi connectivity index (χ0n) is 18.6. The largest absolute Gasteiger partial charge is 0.460 e. The average Bonchev–Trinajstić information content (AvgIpc) is 2.68. The van der Waals surface area contributed by atoms with Crippen LogP contribution in [0.15, 0.2) is 5.11 Å². The first-order chi connectivity index (χ1) is 14.5. The van der Waals surface area contributed by atoms with Gasteiger partial charge in [0.05, 0.1) is 85.7 Å². The minimum Gasteiger partial charge on any atom is -0.460 e. The minimum atomic E-state index is -0.466. The molecule has 0 aromatic rings. The molecule has 0 radical (unpaired) electrons. The van der Waals surface area contributed by atoms with Gasteiger partial charge in [0.2, 0.25) is 4.91 Å². The summed E-state index contributed by atoms with van der Waals surface area (Å²) >= 11 is 0. The van der Waals surface area contributed by atoms with Crippen LogP contribution in [0.3, 0.4) is 0 Å². The summed E-state index contributed by atoms with van der Waals surface area (Å²) in [6, 6.07) is 0. The Hall–Kier alpha value is -1.46. The fourth-order valence-electron chi connectivity index (χ4n) is 1.91. The normalized spacial score (nSPS) is 11.3. The highest BCUT2D eigenvalue weighted by Crippen LogP contribution is 2.07. The Kier molecular flexibility index (Phi) is 19.8. The van der Waals surface area contributed by atoms with Crippen molar-refractivity contribution in [1.82, 2.24) is 4.91 Å². The lowest BCUT2D eigenvalue weighted by atomic mass is 10.2. The SMILES string of the molecule is CC(C)(C)OC(=O)CCOCCOCCOCCOCCOCCOCCN=[N+]=N. The second kappa shape index (κ2) is 20.8. The molecule has 0 aromatic heterocycles. The summed E-state index contributed by atoms with van der Waals surface area (Å²) in [4.78, 5) is 14.4. The number of carbonyl (C=O) groups is 1. The van der Waals surface area contributed by atoms with Gasteiger partial charge in [0.25, 0.3) is 0 Å². The average molecular weight is 437 g/mol. The maximum Gasteiger partial charge on any atom is 0.308 e. The second-order valence-corrected chi connectivity index (χ2v) is 6.98. The summed E-state index contributed by atoms with van der Waals surface area (Å²) in [5.41, 5.74) is 6.01. The van der Waals surface area contributed by atoms with Crippen molar-refractivity contribution >= 4 is 5.97 Å². The molecule has 11 heteroatoms. The molecule has 0 bridgehead atoms. The van der Waals surface area contributed by atoms with E-state index in [0.29, 0.717) is 85.8 Å². The minimum absolute atomic E-state index is 0.236. The van der Waals surface area contributed by atoms with Crippen molar-refractivity contribution in [3.05, 3.63) is 0 Å². The summed E-state index contributed by atoms with van der Waals surface area (Å²) in [7, 11) is 0. The van der Waals surface area contributed by atoms with E-state index in [1.165, 1.54) is 0 Å². The predicted octanol–water partition coefficient (Wildman–Crippen LogP) is 1.37. The Morgan fingerprint density at radius 3 is 1.43 bits per heavy atom. The van der Waals surface area contributed by atoms with Gasteiger partial charge in [0, 0.05) is 0 Å². The molecule has 0 unspecified atom stereocenters.